The molecule has 0 spiro atoms. The second-order valence-corrected chi connectivity index (χ2v) is 4.53. The predicted molar refractivity (Wildman–Crippen MR) is 74.1 cm³/mol. The van der Waals surface area contributed by atoms with Gasteiger partial charge in [-0.25, -0.2) is 0 Å². The van der Waals surface area contributed by atoms with Crippen molar-refractivity contribution in [1.29, 1.82) is 0 Å². The Labute approximate surface area is 113 Å². The Morgan fingerprint density at radius 2 is 2.21 bits per heavy atom. The largest absolute Gasteiger partial charge is 0.493 e. The number of hydrogen-bond acceptors (Lipinski definition) is 4. The molecule has 0 aliphatic rings. The van der Waals surface area contributed by atoms with Crippen molar-refractivity contribution in [3.05, 3.63) is 41.5 Å². The van der Waals surface area contributed by atoms with Gasteiger partial charge in [-0.2, -0.15) is 5.10 Å². The highest BCUT2D eigenvalue weighted by molar-refractivity contribution is 5.38. The summed E-state index contributed by atoms with van der Waals surface area (Å²) in [6.45, 7) is 4.95. The molecule has 0 amide bonds. The molecule has 1 unspecified atom stereocenters. The van der Waals surface area contributed by atoms with Gasteiger partial charge in [0.15, 0.2) is 5.75 Å². The number of pyridine rings is 1. The number of nitrogens with two attached hydrogens (primary N) is 1. The monoisotopic (exact) mass is 260 g/mol. The van der Waals surface area contributed by atoms with Gasteiger partial charge in [0.05, 0.1) is 19.3 Å². The highest BCUT2D eigenvalue weighted by Gasteiger charge is 2.21. The Balaban J connectivity index is 2.45. The molecule has 2 N–H and O–H groups in total. The van der Waals surface area contributed by atoms with Gasteiger partial charge in [0.1, 0.15) is 5.69 Å². The van der Waals surface area contributed by atoms with Crippen LogP contribution in [0.5, 0.6) is 5.75 Å². The molecule has 2 aromatic rings. The minimum absolute atomic E-state index is 0.257. The van der Waals surface area contributed by atoms with Crippen LogP contribution in [-0.2, 0) is 6.54 Å². The summed E-state index contributed by atoms with van der Waals surface area (Å²) < 4.78 is 7.30. The summed E-state index contributed by atoms with van der Waals surface area (Å²) in [6.07, 6.45) is 6.30. The van der Waals surface area contributed by atoms with Gasteiger partial charge in [0.25, 0.3) is 0 Å². The quantitative estimate of drug-likeness (QED) is 0.893. The lowest BCUT2D eigenvalue weighted by Gasteiger charge is -2.17. The zero-order valence-corrected chi connectivity index (χ0v) is 11.6. The fourth-order valence-corrected chi connectivity index (χ4v) is 2.22. The molecule has 19 heavy (non-hydrogen) atoms. The van der Waals surface area contributed by atoms with Gasteiger partial charge in [-0.05, 0) is 30.5 Å². The van der Waals surface area contributed by atoms with Crippen molar-refractivity contribution >= 4 is 0 Å². The van der Waals surface area contributed by atoms with Gasteiger partial charge in [-0.3, -0.25) is 9.67 Å². The first kappa shape index (κ1) is 13.5. The van der Waals surface area contributed by atoms with Gasteiger partial charge >= 0.3 is 0 Å². The van der Waals surface area contributed by atoms with Crippen LogP contribution in [0.4, 0.5) is 0 Å². The summed E-state index contributed by atoms with van der Waals surface area (Å²) >= 11 is 0. The van der Waals surface area contributed by atoms with E-state index in [1.807, 2.05) is 23.9 Å². The van der Waals surface area contributed by atoms with Crippen molar-refractivity contribution in [2.24, 2.45) is 5.73 Å². The molecule has 2 aromatic heterocycles. The van der Waals surface area contributed by atoms with Gasteiger partial charge in [-0.15, -0.1) is 0 Å². The van der Waals surface area contributed by atoms with Crippen LogP contribution in [0.25, 0.3) is 0 Å². The Morgan fingerprint density at radius 3 is 2.84 bits per heavy atom. The Hall–Kier alpha value is -1.88. The van der Waals surface area contributed by atoms with Crippen molar-refractivity contribution < 1.29 is 4.74 Å². The minimum Gasteiger partial charge on any atom is -0.493 e. The number of methoxy groups -OCH3 is 1. The molecule has 0 saturated heterocycles. The smallest absolute Gasteiger partial charge is 0.161 e. The van der Waals surface area contributed by atoms with E-state index in [0.29, 0.717) is 0 Å². The molecule has 5 nitrogen and oxygen atoms in total. The normalized spacial score (nSPS) is 12.4. The number of rotatable bonds is 5. The summed E-state index contributed by atoms with van der Waals surface area (Å²) in [6, 6.07) is 1.69. The van der Waals surface area contributed by atoms with Crippen LogP contribution in [0.15, 0.2) is 24.7 Å². The molecule has 2 heterocycles. The van der Waals surface area contributed by atoms with Crippen molar-refractivity contribution in [1.82, 2.24) is 14.8 Å². The van der Waals surface area contributed by atoms with Crippen molar-refractivity contribution in [2.45, 2.75) is 32.9 Å². The second-order valence-electron chi connectivity index (χ2n) is 4.53. The summed E-state index contributed by atoms with van der Waals surface area (Å²) in [5, 5.41) is 4.35. The molecule has 0 bridgehead atoms. The fraction of sp³-hybridized carbons (Fsp3) is 0.429. The van der Waals surface area contributed by atoms with E-state index in [-0.39, 0.29) is 6.04 Å². The van der Waals surface area contributed by atoms with Crippen LogP contribution < -0.4 is 10.5 Å². The van der Waals surface area contributed by atoms with E-state index in [4.69, 9.17) is 10.5 Å². The first-order chi connectivity index (χ1) is 9.19. The number of ether oxygens (including phenoxy) is 1. The summed E-state index contributed by atoms with van der Waals surface area (Å²) in [5.74, 6) is 0.733. The molecular weight excluding hydrogens is 240 g/mol. The average molecular weight is 260 g/mol. The van der Waals surface area contributed by atoms with Gasteiger partial charge < -0.3 is 10.5 Å². The third kappa shape index (κ3) is 2.61. The van der Waals surface area contributed by atoms with Gasteiger partial charge in [0.2, 0.25) is 0 Å². The van der Waals surface area contributed by atoms with E-state index >= 15 is 0 Å². The van der Waals surface area contributed by atoms with Crippen LogP contribution in [-0.4, -0.2) is 21.9 Å². The highest BCUT2D eigenvalue weighted by Crippen LogP contribution is 2.29. The maximum atomic E-state index is 6.40. The maximum Gasteiger partial charge on any atom is 0.161 e. The molecule has 0 aliphatic carbocycles. The molecule has 2 rings (SSSR count). The molecule has 5 heteroatoms. The molecular formula is C14H20N4O. The zero-order valence-electron chi connectivity index (χ0n) is 11.6. The number of nitrogens with zero attached hydrogens (tertiary/aromatic N) is 3. The molecule has 0 saturated carbocycles. The van der Waals surface area contributed by atoms with Crippen molar-refractivity contribution in [2.75, 3.05) is 7.11 Å². The molecule has 0 aliphatic heterocycles. The van der Waals surface area contributed by atoms with Crippen LogP contribution in [0.3, 0.4) is 0 Å². The van der Waals surface area contributed by atoms with Crippen LogP contribution in [0.1, 0.15) is 36.2 Å². The topological polar surface area (TPSA) is 66.0 Å². The SMILES string of the molecule is CCCn1ncc(OC)c1C(N)c1ccncc1C. The third-order valence-electron chi connectivity index (χ3n) is 3.19. The zero-order chi connectivity index (χ0) is 13.8. The third-order valence-corrected chi connectivity index (χ3v) is 3.19. The van der Waals surface area contributed by atoms with Crippen molar-refractivity contribution in [3.63, 3.8) is 0 Å². The van der Waals surface area contributed by atoms with Crippen molar-refractivity contribution in [3.8, 4) is 5.75 Å². The van der Waals surface area contributed by atoms with Crippen LogP contribution in [0.2, 0.25) is 0 Å². The molecule has 1 atom stereocenters. The minimum atomic E-state index is -0.257. The van der Waals surface area contributed by atoms with E-state index in [9.17, 15) is 0 Å². The van der Waals surface area contributed by atoms with E-state index in [1.165, 1.54) is 0 Å². The molecule has 0 aromatic carbocycles. The highest BCUT2D eigenvalue weighted by atomic mass is 16.5. The van der Waals surface area contributed by atoms with Gasteiger partial charge in [-0.1, -0.05) is 6.92 Å². The molecule has 0 fully saturated rings. The van der Waals surface area contributed by atoms with Crippen LogP contribution >= 0.6 is 0 Å². The van der Waals surface area contributed by atoms with Crippen LogP contribution in [0, 0.1) is 6.92 Å². The molecule has 0 radical (unpaired) electrons. The number of aryl methyl sites for hydroxylation is 2. The first-order valence-corrected chi connectivity index (χ1v) is 6.44. The summed E-state index contributed by atoms with van der Waals surface area (Å²) in [4.78, 5) is 4.10. The first-order valence-electron chi connectivity index (χ1n) is 6.44. The lowest BCUT2D eigenvalue weighted by Crippen LogP contribution is -2.19. The van der Waals surface area contributed by atoms with Gasteiger partial charge in [0, 0.05) is 18.9 Å². The Bertz CT molecular complexity index is 550. The Morgan fingerprint density at radius 1 is 1.42 bits per heavy atom. The van der Waals surface area contributed by atoms with E-state index in [0.717, 1.165) is 35.5 Å². The maximum absolute atomic E-state index is 6.40. The molecule has 102 valence electrons. The van der Waals surface area contributed by atoms with E-state index < -0.39 is 0 Å². The lowest BCUT2D eigenvalue weighted by atomic mass is 10.0. The standard InChI is InChI=1S/C14H20N4O/c1-4-7-18-14(12(19-3)9-17-18)13(15)11-5-6-16-8-10(11)2/h5-6,8-9,13H,4,7,15H2,1-3H3. The second kappa shape index (κ2) is 5.84. The summed E-state index contributed by atoms with van der Waals surface area (Å²) in [7, 11) is 1.64. The predicted octanol–water partition coefficient (Wildman–Crippen LogP) is 2.05. The average Bonchev–Trinajstić information content (AvgIpc) is 2.82. The summed E-state index contributed by atoms with van der Waals surface area (Å²) in [5.41, 5.74) is 9.43. The van der Waals surface area contributed by atoms with E-state index in [2.05, 4.69) is 17.0 Å². The van der Waals surface area contributed by atoms with E-state index in [1.54, 1.807) is 19.5 Å². The Kier molecular flexibility index (Phi) is 4.16. The lowest BCUT2D eigenvalue weighted by molar-refractivity contribution is 0.404. The number of hydrogen-bond donors (Lipinski definition) is 1. The number of aromatic nitrogens is 3. The fourth-order valence-electron chi connectivity index (χ4n) is 2.22.